The minimum absolute atomic E-state index is 0.553. The van der Waals surface area contributed by atoms with Gasteiger partial charge >= 0.3 is 0 Å². The van der Waals surface area contributed by atoms with Crippen molar-refractivity contribution in [1.29, 1.82) is 0 Å². The van der Waals surface area contributed by atoms with E-state index in [1.807, 2.05) is 11.8 Å². The molecule has 1 aromatic rings. The van der Waals surface area contributed by atoms with Gasteiger partial charge in [-0.05, 0) is 24.0 Å². The minimum atomic E-state index is 0.553. The highest BCUT2D eigenvalue weighted by Gasteiger charge is 2.44. The number of hydrogen-bond donors (Lipinski definition) is 1. The quantitative estimate of drug-likeness (QED) is 0.605. The maximum Gasteiger partial charge on any atom is 0.0125 e. The van der Waals surface area contributed by atoms with Crippen LogP contribution in [0.15, 0.2) is 35.2 Å². The third-order valence-corrected chi connectivity index (χ3v) is 4.03. The number of thioether (sulfide) groups is 1. The van der Waals surface area contributed by atoms with Crippen LogP contribution in [0.5, 0.6) is 0 Å². The maximum atomic E-state index is 3.60. The third kappa shape index (κ3) is 3.25. The number of rotatable bonds is 5. The molecular formula is C13H19NS. The Balaban J connectivity index is 1.60. The Kier molecular flexibility index (Phi) is 3.37. The fourth-order valence-electron chi connectivity index (χ4n) is 1.73. The molecule has 1 nitrogen and oxygen atoms in total. The van der Waals surface area contributed by atoms with Crippen LogP contribution in [0.2, 0.25) is 0 Å². The molecule has 82 valence electrons. The van der Waals surface area contributed by atoms with Crippen LogP contribution in [-0.2, 0) is 0 Å². The van der Waals surface area contributed by atoms with Crippen molar-refractivity contribution in [2.24, 2.45) is 5.41 Å². The first-order valence-electron chi connectivity index (χ1n) is 5.60. The van der Waals surface area contributed by atoms with Crippen LogP contribution in [0.3, 0.4) is 0 Å². The van der Waals surface area contributed by atoms with E-state index < -0.39 is 0 Å². The fraction of sp³-hybridized carbons (Fsp3) is 0.538. The molecule has 1 N–H and O–H groups in total. The molecule has 1 aromatic carbocycles. The van der Waals surface area contributed by atoms with Crippen molar-refractivity contribution in [1.82, 2.24) is 5.32 Å². The second-order valence-corrected chi connectivity index (χ2v) is 6.03. The molecule has 1 aliphatic carbocycles. The molecule has 1 aliphatic rings. The number of nitrogens with one attached hydrogen (secondary N) is 1. The maximum absolute atomic E-state index is 3.60. The lowest BCUT2D eigenvalue weighted by molar-refractivity contribution is 0.555. The van der Waals surface area contributed by atoms with Crippen LogP contribution in [-0.4, -0.2) is 18.3 Å². The first-order chi connectivity index (χ1) is 7.18. The Labute approximate surface area is 96.7 Å². The summed E-state index contributed by atoms with van der Waals surface area (Å²) in [5.41, 5.74) is 0.553. The summed E-state index contributed by atoms with van der Waals surface area (Å²) in [7, 11) is 0. The third-order valence-electron chi connectivity index (χ3n) is 3.02. The van der Waals surface area contributed by atoms with Gasteiger partial charge in [-0.1, -0.05) is 32.0 Å². The van der Waals surface area contributed by atoms with Crippen molar-refractivity contribution in [2.45, 2.75) is 31.2 Å². The molecule has 0 aromatic heterocycles. The van der Waals surface area contributed by atoms with E-state index in [2.05, 4.69) is 49.5 Å². The monoisotopic (exact) mass is 221 g/mol. The molecule has 0 spiro atoms. The van der Waals surface area contributed by atoms with Gasteiger partial charge in [-0.3, -0.25) is 0 Å². The van der Waals surface area contributed by atoms with Crippen LogP contribution in [0.25, 0.3) is 0 Å². The van der Waals surface area contributed by atoms with Crippen molar-refractivity contribution >= 4 is 11.8 Å². The van der Waals surface area contributed by atoms with Crippen molar-refractivity contribution in [3.05, 3.63) is 30.3 Å². The predicted octanol–water partition coefficient (Wildman–Crippen LogP) is 3.17. The van der Waals surface area contributed by atoms with Crippen LogP contribution < -0.4 is 5.32 Å². The molecule has 1 fully saturated rings. The van der Waals surface area contributed by atoms with Gasteiger partial charge in [0.05, 0.1) is 0 Å². The molecule has 1 unspecified atom stereocenters. The Morgan fingerprint density at radius 1 is 1.33 bits per heavy atom. The molecule has 0 amide bonds. The number of benzene rings is 1. The molecule has 0 aliphatic heterocycles. The van der Waals surface area contributed by atoms with E-state index >= 15 is 0 Å². The summed E-state index contributed by atoms with van der Waals surface area (Å²) < 4.78 is 0. The first kappa shape index (κ1) is 11.0. The molecule has 2 heteroatoms. The van der Waals surface area contributed by atoms with Gasteiger partial charge in [0.25, 0.3) is 0 Å². The molecular weight excluding hydrogens is 202 g/mol. The molecule has 0 radical (unpaired) electrons. The average molecular weight is 221 g/mol. The van der Waals surface area contributed by atoms with E-state index in [1.54, 1.807) is 0 Å². The molecule has 1 saturated carbocycles. The zero-order chi connectivity index (χ0) is 10.7. The van der Waals surface area contributed by atoms with Gasteiger partial charge in [0, 0.05) is 23.2 Å². The summed E-state index contributed by atoms with van der Waals surface area (Å²) >= 11 is 1.93. The molecule has 1 atom stereocenters. The highest BCUT2D eigenvalue weighted by atomic mass is 32.2. The van der Waals surface area contributed by atoms with Crippen molar-refractivity contribution in [3.63, 3.8) is 0 Å². The molecule has 15 heavy (non-hydrogen) atoms. The zero-order valence-corrected chi connectivity index (χ0v) is 10.3. The normalized spacial score (nSPS) is 22.7. The SMILES string of the molecule is CC1(C)CC1NCCSc1ccccc1. The van der Waals surface area contributed by atoms with Gasteiger partial charge in [-0.25, -0.2) is 0 Å². The smallest absolute Gasteiger partial charge is 0.0125 e. The Morgan fingerprint density at radius 3 is 2.60 bits per heavy atom. The molecule has 0 heterocycles. The van der Waals surface area contributed by atoms with Crippen molar-refractivity contribution in [2.75, 3.05) is 12.3 Å². The summed E-state index contributed by atoms with van der Waals surface area (Å²) in [4.78, 5) is 1.37. The van der Waals surface area contributed by atoms with Crippen LogP contribution >= 0.6 is 11.8 Å². The van der Waals surface area contributed by atoms with E-state index in [0.717, 1.165) is 18.3 Å². The summed E-state index contributed by atoms with van der Waals surface area (Å²) in [6.07, 6.45) is 1.34. The second-order valence-electron chi connectivity index (χ2n) is 4.86. The average Bonchev–Trinajstić information content (AvgIpc) is 2.83. The van der Waals surface area contributed by atoms with Crippen LogP contribution in [0.4, 0.5) is 0 Å². The standard InChI is InChI=1S/C13H19NS/c1-13(2)10-12(13)14-8-9-15-11-6-4-3-5-7-11/h3-7,12,14H,8-10H2,1-2H3. The van der Waals surface area contributed by atoms with Crippen molar-refractivity contribution < 1.29 is 0 Å². The van der Waals surface area contributed by atoms with Gasteiger partial charge < -0.3 is 5.32 Å². The van der Waals surface area contributed by atoms with Crippen LogP contribution in [0.1, 0.15) is 20.3 Å². The van der Waals surface area contributed by atoms with E-state index in [1.165, 1.54) is 11.3 Å². The van der Waals surface area contributed by atoms with Crippen LogP contribution in [0, 0.1) is 5.41 Å². The van der Waals surface area contributed by atoms with Gasteiger partial charge in [-0.15, -0.1) is 11.8 Å². The second kappa shape index (κ2) is 4.58. The predicted molar refractivity (Wildman–Crippen MR) is 67.4 cm³/mol. The van der Waals surface area contributed by atoms with E-state index in [9.17, 15) is 0 Å². The van der Waals surface area contributed by atoms with E-state index in [-0.39, 0.29) is 0 Å². The summed E-state index contributed by atoms with van der Waals surface area (Å²) in [6, 6.07) is 11.4. The topological polar surface area (TPSA) is 12.0 Å². The summed E-state index contributed by atoms with van der Waals surface area (Å²) in [5, 5.41) is 3.60. The summed E-state index contributed by atoms with van der Waals surface area (Å²) in [5.74, 6) is 1.16. The lowest BCUT2D eigenvalue weighted by Gasteiger charge is -2.06. The summed E-state index contributed by atoms with van der Waals surface area (Å²) in [6.45, 7) is 5.78. The molecule has 0 bridgehead atoms. The first-order valence-corrected chi connectivity index (χ1v) is 6.58. The lowest BCUT2D eigenvalue weighted by atomic mass is 10.2. The minimum Gasteiger partial charge on any atom is -0.313 e. The van der Waals surface area contributed by atoms with Gasteiger partial charge in [0.15, 0.2) is 0 Å². The van der Waals surface area contributed by atoms with Gasteiger partial charge in [0.1, 0.15) is 0 Å². The largest absolute Gasteiger partial charge is 0.313 e. The van der Waals surface area contributed by atoms with Gasteiger partial charge in [0.2, 0.25) is 0 Å². The van der Waals surface area contributed by atoms with Crippen molar-refractivity contribution in [3.8, 4) is 0 Å². The Bertz CT molecular complexity index is 308. The zero-order valence-electron chi connectivity index (χ0n) is 9.49. The Morgan fingerprint density at radius 2 is 2.00 bits per heavy atom. The highest BCUT2D eigenvalue weighted by molar-refractivity contribution is 7.99. The highest BCUT2D eigenvalue weighted by Crippen LogP contribution is 2.44. The van der Waals surface area contributed by atoms with E-state index in [0.29, 0.717) is 5.41 Å². The Hall–Kier alpha value is -0.470. The fourth-order valence-corrected chi connectivity index (χ4v) is 2.54. The molecule has 2 rings (SSSR count). The number of hydrogen-bond acceptors (Lipinski definition) is 2. The molecule has 0 saturated heterocycles. The van der Waals surface area contributed by atoms with E-state index in [4.69, 9.17) is 0 Å². The lowest BCUT2D eigenvalue weighted by Crippen LogP contribution is -2.23. The van der Waals surface area contributed by atoms with Gasteiger partial charge in [-0.2, -0.15) is 0 Å².